The molecular weight excluding hydrogens is 595 g/mol. The van der Waals surface area contributed by atoms with Crippen molar-refractivity contribution in [2.75, 3.05) is 20.3 Å². The van der Waals surface area contributed by atoms with Crippen molar-refractivity contribution in [3.8, 4) is 23.2 Å². The molecule has 2 N–H and O–H groups in total. The summed E-state index contributed by atoms with van der Waals surface area (Å²) in [4.78, 5) is 24.8. The van der Waals surface area contributed by atoms with E-state index in [2.05, 4.69) is 10.1 Å². The van der Waals surface area contributed by atoms with Gasteiger partial charge in [0, 0.05) is 37.0 Å². The number of hydrogen-bond acceptors (Lipinski definition) is 9. The summed E-state index contributed by atoms with van der Waals surface area (Å²) in [6.07, 6.45) is 6.87. The first-order chi connectivity index (χ1) is 21.6. The fourth-order valence-electron chi connectivity index (χ4n) is 5.02. The van der Waals surface area contributed by atoms with Crippen LogP contribution >= 0.6 is 0 Å². The molecule has 1 unspecified atom stereocenters. The lowest BCUT2D eigenvalue weighted by Crippen LogP contribution is -2.53. The zero-order chi connectivity index (χ0) is 32.3. The van der Waals surface area contributed by atoms with Gasteiger partial charge in [-0.25, -0.2) is 22.9 Å². The van der Waals surface area contributed by atoms with Crippen LogP contribution in [0.25, 0.3) is 11.8 Å². The van der Waals surface area contributed by atoms with E-state index in [1.807, 2.05) is 29.8 Å². The fraction of sp³-hybridized carbons (Fsp3) is 0.258. The number of ether oxygens (including phenoxy) is 2. The normalized spacial score (nSPS) is 16.2. The molecule has 0 spiro atoms. The Balaban J connectivity index is 1.52. The Bertz CT molecular complexity index is 1740. The van der Waals surface area contributed by atoms with Crippen molar-refractivity contribution in [3.63, 3.8) is 0 Å². The smallest absolute Gasteiger partial charge is 0.380 e. The Morgan fingerprint density at radius 2 is 1.76 bits per heavy atom. The predicted molar refractivity (Wildman–Crippen MR) is 156 cm³/mol. The number of rotatable bonds is 11. The number of oxime groups is 1. The van der Waals surface area contributed by atoms with E-state index in [-0.39, 0.29) is 43.7 Å². The monoisotopic (exact) mass is 625 g/mol. The molecule has 2 aromatic heterocycles. The van der Waals surface area contributed by atoms with Gasteiger partial charge in [-0.15, -0.1) is 0 Å². The highest BCUT2D eigenvalue weighted by Crippen LogP contribution is 2.39. The van der Waals surface area contributed by atoms with Crippen LogP contribution in [0.3, 0.4) is 0 Å². The number of aromatic hydroxyl groups is 2. The molecule has 14 heteroatoms. The molecular formula is C31H30F3N5O6. The van der Waals surface area contributed by atoms with Crippen LogP contribution in [0.5, 0.6) is 17.5 Å². The average molecular weight is 626 g/mol. The van der Waals surface area contributed by atoms with Crippen LogP contribution < -0.4 is 4.74 Å². The van der Waals surface area contributed by atoms with Gasteiger partial charge in [0.05, 0.1) is 31.4 Å². The average Bonchev–Trinajstić information content (AvgIpc) is 3.72. The first kappa shape index (κ1) is 31.0. The van der Waals surface area contributed by atoms with Gasteiger partial charge in [-0.1, -0.05) is 17.3 Å². The van der Waals surface area contributed by atoms with Crippen LogP contribution in [0.15, 0.2) is 66.2 Å². The Morgan fingerprint density at radius 3 is 2.38 bits per heavy atom. The minimum absolute atomic E-state index is 0.0537. The van der Waals surface area contributed by atoms with E-state index in [0.717, 1.165) is 11.4 Å². The molecule has 2 aromatic carbocycles. The summed E-state index contributed by atoms with van der Waals surface area (Å²) in [6, 6.07) is 9.32. The van der Waals surface area contributed by atoms with Crippen LogP contribution in [-0.2, 0) is 26.6 Å². The Morgan fingerprint density at radius 1 is 1.04 bits per heavy atom. The maximum Gasteiger partial charge on any atom is 0.380 e. The third-order valence-corrected chi connectivity index (χ3v) is 7.17. The van der Waals surface area contributed by atoms with Gasteiger partial charge in [0.25, 0.3) is 0 Å². The maximum absolute atomic E-state index is 14.5. The van der Waals surface area contributed by atoms with Gasteiger partial charge >= 0.3 is 11.7 Å². The zero-order valence-electron chi connectivity index (χ0n) is 24.6. The molecule has 0 saturated carbocycles. The minimum atomic E-state index is -2.33. The third-order valence-electron chi connectivity index (χ3n) is 7.17. The summed E-state index contributed by atoms with van der Waals surface area (Å²) >= 11 is 0. The number of aryl methyl sites for hydroxylation is 1. The molecule has 0 fully saturated rings. The van der Waals surface area contributed by atoms with Crippen molar-refractivity contribution in [1.82, 2.24) is 19.0 Å². The van der Waals surface area contributed by atoms with Gasteiger partial charge in [-0.05, 0) is 56.2 Å². The number of aromatic nitrogens is 3. The van der Waals surface area contributed by atoms with E-state index in [9.17, 15) is 28.2 Å². The number of carbonyl (C=O) groups excluding carboxylic acids is 1. The number of benzene rings is 2. The number of hydrogen-bond donors (Lipinski definition) is 2. The quantitative estimate of drug-likeness (QED) is 0.177. The second-order valence-electron chi connectivity index (χ2n) is 10.1. The second kappa shape index (κ2) is 12.7. The molecule has 0 bridgehead atoms. The van der Waals surface area contributed by atoms with Crippen LogP contribution in [0.1, 0.15) is 30.2 Å². The third kappa shape index (κ3) is 5.90. The standard InChI is InChI=1S/C31H30F3N5O6/c1-4-44-30(42)31(21-15-22(32)29(34)23(33)16-21)39(13-5-12-38-27(40)10-11-28(38)41)26(36-45-31)9-7-20-6-8-24(25(14-20)43-3)37-17-19(2)35-18-37/h6-11,14-18,40-41H,4-5,12-13H2,1-3H3. The molecule has 45 heavy (non-hydrogen) atoms. The Kier molecular flexibility index (Phi) is 8.75. The highest BCUT2D eigenvalue weighted by Gasteiger charge is 2.56. The SMILES string of the molecule is CCOC(=O)C1(c2cc(F)c(F)c(F)c2)ON=C(C=Cc2ccc(-n3cnc(C)c3)c(OC)c2)N1CCCn1c(O)ccc1O. The van der Waals surface area contributed by atoms with E-state index in [1.54, 1.807) is 18.5 Å². The van der Waals surface area contributed by atoms with E-state index >= 15 is 0 Å². The molecule has 5 rings (SSSR count). The number of imidazole rings is 1. The van der Waals surface area contributed by atoms with Gasteiger partial charge in [-0.3, -0.25) is 4.57 Å². The molecule has 3 heterocycles. The Hall–Kier alpha value is -5.40. The topological polar surface area (TPSA) is 124 Å². The molecule has 1 aliphatic rings. The molecule has 0 saturated heterocycles. The van der Waals surface area contributed by atoms with Crippen LogP contribution in [0.4, 0.5) is 13.2 Å². The van der Waals surface area contributed by atoms with Gasteiger partial charge in [-0.2, -0.15) is 0 Å². The van der Waals surface area contributed by atoms with E-state index in [4.69, 9.17) is 14.3 Å². The van der Waals surface area contributed by atoms with Gasteiger partial charge < -0.3 is 34.0 Å². The minimum Gasteiger partial charge on any atom is -0.495 e. The molecule has 1 aliphatic heterocycles. The molecule has 1 atom stereocenters. The molecule has 0 aliphatic carbocycles. The Labute approximate surface area is 256 Å². The zero-order valence-corrected chi connectivity index (χ0v) is 24.6. The van der Waals surface area contributed by atoms with Gasteiger partial charge in [0.2, 0.25) is 0 Å². The van der Waals surface area contributed by atoms with Crippen molar-refractivity contribution in [2.24, 2.45) is 5.16 Å². The summed E-state index contributed by atoms with van der Waals surface area (Å²) < 4.78 is 56.8. The highest BCUT2D eigenvalue weighted by molar-refractivity contribution is 6.01. The van der Waals surface area contributed by atoms with Crippen molar-refractivity contribution in [3.05, 3.63) is 95.3 Å². The van der Waals surface area contributed by atoms with Crippen LogP contribution in [-0.4, -0.2) is 61.3 Å². The van der Waals surface area contributed by atoms with Crippen LogP contribution in [0.2, 0.25) is 0 Å². The first-order valence-electron chi connectivity index (χ1n) is 13.9. The van der Waals surface area contributed by atoms with Crippen LogP contribution in [0, 0.1) is 24.4 Å². The van der Waals surface area contributed by atoms with Crippen molar-refractivity contribution in [1.29, 1.82) is 0 Å². The second-order valence-corrected chi connectivity index (χ2v) is 10.1. The summed E-state index contributed by atoms with van der Waals surface area (Å²) in [5, 5.41) is 24.2. The lowest BCUT2D eigenvalue weighted by atomic mass is 9.99. The maximum atomic E-state index is 14.5. The molecule has 4 aromatic rings. The number of halogens is 3. The van der Waals surface area contributed by atoms with Crippen molar-refractivity contribution >= 4 is 17.9 Å². The predicted octanol–water partition coefficient (Wildman–Crippen LogP) is 4.98. The fourth-order valence-corrected chi connectivity index (χ4v) is 5.02. The van der Waals surface area contributed by atoms with E-state index in [1.165, 1.54) is 41.7 Å². The number of methoxy groups -OCH3 is 1. The number of carbonyl (C=O) groups is 1. The van der Waals surface area contributed by atoms with Gasteiger partial charge in [0.1, 0.15) is 5.75 Å². The molecule has 0 radical (unpaired) electrons. The van der Waals surface area contributed by atoms with Crippen molar-refractivity contribution in [2.45, 2.75) is 32.5 Å². The van der Waals surface area contributed by atoms with Gasteiger partial charge in [0.15, 0.2) is 35.0 Å². The number of nitrogens with zero attached hydrogens (tertiary/aromatic N) is 5. The van der Waals surface area contributed by atoms with E-state index < -0.39 is 34.7 Å². The lowest BCUT2D eigenvalue weighted by Gasteiger charge is -2.35. The van der Waals surface area contributed by atoms with E-state index in [0.29, 0.717) is 23.4 Å². The summed E-state index contributed by atoms with van der Waals surface area (Å²) in [6.45, 7) is 3.32. The molecule has 236 valence electrons. The first-order valence-corrected chi connectivity index (χ1v) is 13.9. The summed E-state index contributed by atoms with van der Waals surface area (Å²) in [5.41, 5.74) is -0.472. The molecule has 0 amide bonds. The summed E-state index contributed by atoms with van der Waals surface area (Å²) in [5.74, 6) is -5.61. The van der Waals surface area contributed by atoms with Crippen molar-refractivity contribution < 1.29 is 42.5 Å². The highest BCUT2D eigenvalue weighted by atomic mass is 19.2. The largest absolute Gasteiger partial charge is 0.495 e. The lowest BCUT2D eigenvalue weighted by molar-refractivity contribution is -0.189. The number of esters is 1. The molecule has 11 nitrogen and oxygen atoms in total. The summed E-state index contributed by atoms with van der Waals surface area (Å²) in [7, 11) is 1.53. The number of amidine groups is 1.